The Bertz CT molecular complexity index is 1250. The van der Waals surface area contributed by atoms with Gasteiger partial charge in [0.05, 0.1) is 21.1 Å². The standard InChI is InChI=1S/C19H10N2O5S2/c22-17-16(9-12-8-11-4-1-2-7-15(11)26-18(12)23)28-19(27)20(17)13-5-3-6-14(10-13)21(24)25/h1-10H/b16-9-. The minimum atomic E-state index is -0.570. The molecule has 1 fully saturated rings. The number of fused-ring (bicyclic) bond motifs is 1. The van der Waals surface area contributed by atoms with E-state index >= 15 is 0 Å². The van der Waals surface area contributed by atoms with Crippen LogP contribution in [0.3, 0.4) is 0 Å². The highest BCUT2D eigenvalue weighted by molar-refractivity contribution is 8.27. The van der Waals surface area contributed by atoms with E-state index in [2.05, 4.69) is 0 Å². The first-order valence-corrected chi connectivity index (χ1v) is 9.22. The van der Waals surface area contributed by atoms with Crippen LogP contribution in [0, 0.1) is 10.1 Å². The maximum Gasteiger partial charge on any atom is 0.343 e. The van der Waals surface area contributed by atoms with Crippen LogP contribution in [0.4, 0.5) is 11.4 Å². The van der Waals surface area contributed by atoms with E-state index in [1.165, 1.54) is 29.2 Å². The molecular weight excluding hydrogens is 400 g/mol. The third-order valence-corrected chi connectivity index (χ3v) is 5.35. The highest BCUT2D eigenvalue weighted by Gasteiger charge is 2.34. The van der Waals surface area contributed by atoms with Crippen molar-refractivity contribution < 1.29 is 14.1 Å². The van der Waals surface area contributed by atoms with Gasteiger partial charge in [-0.05, 0) is 24.3 Å². The molecule has 0 bridgehead atoms. The number of benzene rings is 2. The number of thiocarbonyl (C=S) groups is 1. The van der Waals surface area contributed by atoms with E-state index in [0.717, 1.165) is 17.1 Å². The fourth-order valence-electron chi connectivity index (χ4n) is 2.76. The lowest BCUT2D eigenvalue weighted by Gasteiger charge is -2.13. The lowest BCUT2D eigenvalue weighted by Crippen LogP contribution is -2.27. The van der Waals surface area contributed by atoms with Crippen molar-refractivity contribution in [1.29, 1.82) is 0 Å². The summed E-state index contributed by atoms with van der Waals surface area (Å²) in [6.07, 6.45) is 1.43. The van der Waals surface area contributed by atoms with Crippen LogP contribution in [0.5, 0.6) is 0 Å². The zero-order valence-corrected chi connectivity index (χ0v) is 15.7. The fourth-order valence-corrected chi connectivity index (χ4v) is 4.05. The molecule has 3 aromatic rings. The number of nitro benzene ring substituents is 1. The molecule has 0 N–H and O–H groups in total. The van der Waals surface area contributed by atoms with Gasteiger partial charge in [0.15, 0.2) is 4.32 Å². The monoisotopic (exact) mass is 410 g/mol. The Morgan fingerprint density at radius 2 is 1.89 bits per heavy atom. The van der Waals surface area contributed by atoms with Crippen LogP contribution in [-0.2, 0) is 4.79 Å². The normalized spacial score (nSPS) is 15.6. The Morgan fingerprint density at radius 1 is 1.11 bits per heavy atom. The average molecular weight is 410 g/mol. The molecule has 138 valence electrons. The highest BCUT2D eigenvalue weighted by Crippen LogP contribution is 2.36. The van der Waals surface area contributed by atoms with Crippen LogP contribution < -0.4 is 10.5 Å². The molecule has 1 saturated heterocycles. The van der Waals surface area contributed by atoms with Gasteiger partial charge in [-0.15, -0.1) is 0 Å². The number of hydrogen-bond acceptors (Lipinski definition) is 7. The van der Waals surface area contributed by atoms with E-state index < -0.39 is 16.5 Å². The van der Waals surface area contributed by atoms with Crippen molar-refractivity contribution in [3.8, 4) is 0 Å². The Kier molecular flexibility index (Phi) is 4.54. The first-order valence-electron chi connectivity index (χ1n) is 7.99. The van der Waals surface area contributed by atoms with Crippen LogP contribution in [0.1, 0.15) is 5.56 Å². The lowest BCUT2D eigenvalue weighted by atomic mass is 10.1. The molecule has 0 atom stereocenters. The van der Waals surface area contributed by atoms with E-state index in [-0.39, 0.29) is 20.5 Å². The Morgan fingerprint density at radius 3 is 2.68 bits per heavy atom. The number of nitro groups is 1. The molecule has 28 heavy (non-hydrogen) atoms. The van der Waals surface area contributed by atoms with Crippen molar-refractivity contribution in [1.82, 2.24) is 0 Å². The SMILES string of the molecule is O=C1/C(=C/c2cc3ccccc3oc2=O)SC(=S)N1c1cccc([N+](=O)[O-])c1. The van der Waals surface area contributed by atoms with Crippen LogP contribution in [0.2, 0.25) is 0 Å². The summed E-state index contributed by atoms with van der Waals surface area (Å²) < 4.78 is 5.50. The maximum atomic E-state index is 12.8. The largest absolute Gasteiger partial charge is 0.422 e. The predicted molar refractivity (Wildman–Crippen MR) is 111 cm³/mol. The van der Waals surface area contributed by atoms with Crippen LogP contribution in [0.15, 0.2) is 68.7 Å². The number of anilines is 1. The molecule has 1 aliphatic rings. The molecule has 0 spiro atoms. The van der Waals surface area contributed by atoms with E-state index in [0.29, 0.717) is 11.3 Å². The minimum Gasteiger partial charge on any atom is -0.422 e. The van der Waals surface area contributed by atoms with Crippen LogP contribution in [0.25, 0.3) is 17.0 Å². The van der Waals surface area contributed by atoms with Gasteiger partial charge in [-0.2, -0.15) is 0 Å². The van der Waals surface area contributed by atoms with Gasteiger partial charge in [-0.1, -0.05) is 48.2 Å². The second-order valence-corrected chi connectivity index (χ2v) is 7.50. The third-order valence-electron chi connectivity index (χ3n) is 4.05. The van der Waals surface area contributed by atoms with Crippen molar-refractivity contribution in [3.63, 3.8) is 0 Å². The summed E-state index contributed by atoms with van der Waals surface area (Å²) in [6.45, 7) is 0. The number of carbonyl (C=O) groups is 1. The smallest absolute Gasteiger partial charge is 0.343 e. The van der Waals surface area contributed by atoms with Gasteiger partial charge in [-0.25, -0.2) is 4.79 Å². The van der Waals surface area contributed by atoms with E-state index in [4.69, 9.17) is 16.6 Å². The van der Waals surface area contributed by atoms with Gasteiger partial charge in [0.2, 0.25) is 0 Å². The molecule has 0 saturated carbocycles. The fraction of sp³-hybridized carbons (Fsp3) is 0. The molecule has 0 aliphatic carbocycles. The zero-order valence-electron chi connectivity index (χ0n) is 14.0. The summed E-state index contributed by atoms with van der Waals surface area (Å²) in [5.74, 6) is -0.456. The highest BCUT2D eigenvalue weighted by atomic mass is 32.2. The van der Waals surface area contributed by atoms with Gasteiger partial charge < -0.3 is 4.42 Å². The van der Waals surface area contributed by atoms with Gasteiger partial charge in [0.25, 0.3) is 11.6 Å². The number of carbonyl (C=O) groups excluding carboxylic acids is 1. The van der Waals surface area contributed by atoms with Crippen LogP contribution in [-0.4, -0.2) is 15.2 Å². The number of nitrogens with zero attached hydrogens (tertiary/aromatic N) is 2. The van der Waals surface area contributed by atoms with Crippen molar-refractivity contribution in [2.75, 3.05) is 4.90 Å². The minimum absolute atomic E-state index is 0.147. The Labute approximate surface area is 167 Å². The first-order chi connectivity index (χ1) is 13.4. The summed E-state index contributed by atoms with van der Waals surface area (Å²) in [4.78, 5) is 36.9. The van der Waals surface area contributed by atoms with Gasteiger partial charge in [0.1, 0.15) is 5.58 Å². The molecule has 2 aromatic carbocycles. The van der Waals surface area contributed by atoms with Crippen LogP contribution >= 0.6 is 24.0 Å². The number of thioether (sulfide) groups is 1. The molecule has 1 amide bonds. The second kappa shape index (κ2) is 7.02. The molecule has 9 heteroatoms. The number of amides is 1. The molecule has 0 radical (unpaired) electrons. The summed E-state index contributed by atoms with van der Waals surface area (Å²) in [7, 11) is 0. The predicted octanol–water partition coefficient (Wildman–Crippen LogP) is 4.11. The number of rotatable bonds is 3. The zero-order chi connectivity index (χ0) is 19.8. The van der Waals surface area contributed by atoms with Gasteiger partial charge in [-0.3, -0.25) is 19.8 Å². The summed E-state index contributed by atoms with van der Waals surface area (Å²) in [6, 6.07) is 14.3. The quantitative estimate of drug-likeness (QED) is 0.211. The van der Waals surface area contributed by atoms with E-state index in [1.807, 2.05) is 6.07 Å². The molecule has 1 aliphatic heterocycles. The van der Waals surface area contributed by atoms with Gasteiger partial charge in [0, 0.05) is 17.5 Å². The number of para-hydroxylation sites is 1. The second-order valence-electron chi connectivity index (χ2n) is 5.82. The molecule has 7 nitrogen and oxygen atoms in total. The molecule has 1 aromatic heterocycles. The third kappa shape index (κ3) is 3.21. The Balaban J connectivity index is 1.73. The molecule has 0 unspecified atom stereocenters. The van der Waals surface area contributed by atoms with E-state index in [1.54, 1.807) is 30.3 Å². The summed E-state index contributed by atoms with van der Waals surface area (Å²) in [5, 5.41) is 11.7. The van der Waals surface area contributed by atoms with E-state index in [9.17, 15) is 19.7 Å². The molecular formula is C19H10N2O5S2. The maximum absolute atomic E-state index is 12.8. The Hall–Kier alpha value is -3.30. The average Bonchev–Trinajstić information content (AvgIpc) is 2.95. The molecule has 4 rings (SSSR count). The number of non-ortho nitro benzene ring substituents is 1. The van der Waals surface area contributed by atoms with Crippen molar-refractivity contribution in [2.45, 2.75) is 0 Å². The molecule has 2 heterocycles. The number of hydrogen-bond donors (Lipinski definition) is 0. The van der Waals surface area contributed by atoms with Crippen molar-refractivity contribution in [3.05, 3.63) is 85.6 Å². The first kappa shape index (κ1) is 18.1. The van der Waals surface area contributed by atoms with Gasteiger partial charge >= 0.3 is 5.63 Å². The summed E-state index contributed by atoms with van der Waals surface area (Å²) in [5.41, 5.74) is 0.253. The van der Waals surface area contributed by atoms with Crippen molar-refractivity contribution >= 4 is 62.6 Å². The lowest BCUT2D eigenvalue weighted by molar-refractivity contribution is -0.384. The van der Waals surface area contributed by atoms with Crippen molar-refractivity contribution in [2.24, 2.45) is 0 Å². The topological polar surface area (TPSA) is 93.7 Å². The summed E-state index contributed by atoms with van der Waals surface area (Å²) >= 11 is 6.29.